The number of thiol groups is 1. The van der Waals surface area contributed by atoms with Crippen LogP contribution >= 0.6 is 12.8 Å². The molecular weight excluding hydrogens is 346 g/mol. The smallest absolute Gasteiger partial charge is 0.347 e. The molecule has 0 aliphatic carbocycles. The highest BCUT2D eigenvalue weighted by Gasteiger charge is 2.46. The van der Waals surface area contributed by atoms with Gasteiger partial charge in [0.2, 0.25) is 5.60 Å². The molecule has 136 valence electrons. The summed E-state index contributed by atoms with van der Waals surface area (Å²) in [5, 5.41) is 11.5. The molecule has 2 aromatic rings. The number of esters is 1. The van der Waals surface area contributed by atoms with Crippen molar-refractivity contribution in [3.63, 3.8) is 0 Å². The summed E-state index contributed by atoms with van der Waals surface area (Å²) in [6, 6.07) is 18.7. The van der Waals surface area contributed by atoms with E-state index in [-0.39, 0.29) is 6.10 Å². The molecule has 2 fully saturated rings. The molecule has 5 heteroatoms. The predicted octanol–water partition coefficient (Wildman–Crippen LogP) is 3.31. The molecule has 4 rings (SSSR count). The zero-order valence-corrected chi connectivity index (χ0v) is 15.4. The van der Waals surface area contributed by atoms with Gasteiger partial charge in [0.1, 0.15) is 6.10 Å². The second-order valence-electron chi connectivity index (χ2n) is 7.21. The maximum atomic E-state index is 13.1. The van der Waals surface area contributed by atoms with Crippen molar-refractivity contribution in [2.24, 2.45) is 0 Å². The fraction of sp³-hybridized carbons (Fsp3) is 0.381. The van der Waals surface area contributed by atoms with Gasteiger partial charge in [-0.25, -0.2) is 9.10 Å². The summed E-state index contributed by atoms with van der Waals surface area (Å²) < 4.78 is 7.95. The van der Waals surface area contributed by atoms with Crippen LogP contribution in [-0.4, -0.2) is 33.6 Å². The average molecular weight is 369 g/mol. The van der Waals surface area contributed by atoms with Crippen LogP contribution in [0.3, 0.4) is 0 Å². The van der Waals surface area contributed by atoms with E-state index in [9.17, 15) is 9.90 Å². The van der Waals surface area contributed by atoms with Crippen LogP contribution in [0.1, 0.15) is 36.8 Å². The molecule has 2 aromatic carbocycles. The van der Waals surface area contributed by atoms with Gasteiger partial charge in [-0.1, -0.05) is 73.5 Å². The summed E-state index contributed by atoms with van der Waals surface area (Å²) >= 11 is 4.56. The summed E-state index contributed by atoms with van der Waals surface area (Å²) in [7, 11) is 0. The van der Waals surface area contributed by atoms with Gasteiger partial charge in [0.25, 0.3) is 0 Å². The summed E-state index contributed by atoms with van der Waals surface area (Å²) in [5.74, 6) is -0.605. The summed E-state index contributed by atoms with van der Waals surface area (Å²) in [5.41, 5.74) is -0.767. The number of ether oxygens (including phenoxy) is 1. The fourth-order valence-electron chi connectivity index (χ4n) is 4.20. The van der Waals surface area contributed by atoms with Crippen LogP contribution < -0.4 is 0 Å². The molecular formula is C21H23NO3S. The van der Waals surface area contributed by atoms with Crippen molar-refractivity contribution in [1.29, 1.82) is 0 Å². The van der Waals surface area contributed by atoms with Crippen molar-refractivity contribution in [1.82, 2.24) is 4.31 Å². The van der Waals surface area contributed by atoms with Crippen molar-refractivity contribution < 1.29 is 14.6 Å². The van der Waals surface area contributed by atoms with Crippen LogP contribution in [0.2, 0.25) is 0 Å². The molecule has 2 saturated heterocycles. The van der Waals surface area contributed by atoms with Crippen molar-refractivity contribution >= 4 is 18.8 Å². The van der Waals surface area contributed by atoms with Crippen LogP contribution in [-0.2, 0) is 15.1 Å². The number of hydrogen-bond acceptors (Lipinski definition) is 5. The van der Waals surface area contributed by atoms with Gasteiger partial charge in [-0.15, -0.1) is 0 Å². The van der Waals surface area contributed by atoms with Crippen LogP contribution in [0.15, 0.2) is 60.7 Å². The van der Waals surface area contributed by atoms with Gasteiger partial charge < -0.3 is 9.84 Å². The van der Waals surface area contributed by atoms with Crippen molar-refractivity contribution in [2.75, 3.05) is 0 Å². The standard InChI is InChI=1S/C21H23NO3S/c23-20(25-19-13-17-11-12-18(14-19)22(17)26)21(24,15-7-3-1-4-8-15)16-9-5-2-6-10-16/h1-10,17-19,24,26H,11-14H2. The number of fused-ring (bicyclic) bond motifs is 2. The van der Waals surface area contributed by atoms with E-state index in [4.69, 9.17) is 4.74 Å². The molecule has 2 bridgehead atoms. The molecule has 2 unspecified atom stereocenters. The fourth-order valence-corrected chi connectivity index (χ4v) is 4.62. The van der Waals surface area contributed by atoms with Gasteiger partial charge in [0.15, 0.2) is 0 Å². The van der Waals surface area contributed by atoms with Crippen LogP contribution in [0.25, 0.3) is 0 Å². The van der Waals surface area contributed by atoms with Crippen LogP contribution in [0.5, 0.6) is 0 Å². The Bertz CT molecular complexity index is 714. The minimum Gasteiger partial charge on any atom is -0.460 e. The van der Waals surface area contributed by atoms with Crippen molar-refractivity contribution in [3.8, 4) is 0 Å². The lowest BCUT2D eigenvalue weighted by Crippen LogP contribution is -2.45. The third-order valence-electron chi connectivity index (χ3n) is 5.60. The van der Waals surface area contributed by atoms with E-state index in [0.29, 0.717) is 23.2 Å². The number of benzene rings is 2. The topological polar surface area (TPSA) is 49.8 Å². The first-order valence-corrected chi connectivity index (χ1v) is 9.50. The highest BCUT2D eigenvalue weighted by Crippen LogP contribution is 2.39. The molecule has 0 amide bonds. The Morgan fingerprint density at radius 2 is 1.42 bits per heavy atom. The minimum atomic E-state index is -1.81. The molecule has 2 heterocycles. The Morgan fingerprint density at radius 3 is 1.88 bits per heavy atom. The van der Waals surface area contributed by atoms with E-state index in [2.05, 4.69) is 17.1 Å². The second-order valence-corrected chi connectivity index (χ2v) is 7.67. The molecule has 0 saturated carbocycles. The molecule has 2 aliphatic heterocycles. The average Bonchev–Trinajstić information content (AvgIpc) is 2.89. The molecule has 2 aliphatic rings. The number of nitrogens with zero attached hydrogens (tertiary/aromatic N) is 1. The Hall–Kier alpha value is -1.82. The predicted molar refractivity (Wildman–Crippen MR) is 103 cm³/mol. The number of rotatable bonds is 4. The third-order valence-corrected chi connectivity index (χ3v) is 6.26. The second kappa shape index (κ2) is 7.06. The van der Waals surface area contributed by atoms with E-state index in [1.807, 2.05) is 36.4 Å². The SMILES string of the molecule is O=C(OC1CC2CCC(C1)N2S)C(O)(c1ccccc1)c1ccccc1. The number of aliphatic hydroxyl groups is 1. The zero-order chi connectivity index (χ0) is 18.1. The summed E-state index contributed by atoms with van der Waals surface area (Å²) in [6.45, 7) is 0. The Morgan fingerprint density at radius 1 is 0.962 bits per heavy atom. The van der Waals surface area contributed by atoms with Gasteiger partial charge in [0.05, 0.1) is 0 Å². The molecule has 2 atom stereocenters. The normalized spacial score (nSPS) is 25.8. The summed E-state index contributed by atoms with van der Waals surface area (Å²) in [6.07, 6.45) is 3.53. The first-order chi connectivity index (χ1) is 12.6. The third kappa shape index (κ3) is 3.04. The lowest BCUT2D eigenvalue weighted by Gasteiger charge is -2.36. The number of piperidine rings is 1. The van der Waals surface area contributed by atoms with E-state index >= 15 is 0 Å². The van der Waals surface area contributed by atoms with E-state index < -0.39 is 11.6 Å². The monoisotopic (exact) mass is 369 g/mol. The Kier molecular flexibility index (Phi) is 4.78. The zero-order valence-electron chi connectivity index (χ0n) is 14.5. The maximum absolute atomic E-state index is 13.1. The van der Waals surface area contributed by atoms with Crippen LogP contribution in [0, 0.1) is 0 Å². The largest absolute Gasteiger partial charge is 0.460 e. The Labute approximate surface area is 159 Å². The molecule has 26 heavy (non-hydrogen) atoms. The molecule has 0 aromatic heterocycles. The van der Waals surface area contributed by atoms with Crippen LogP contribution in [0.4, 0.5) is 0 Å². The minimum absolute atomic E-state index is 0.178. The number of hydrogen-bond donors (Lipinski definition) is 2. The highest BCUT2D eigenvalue weighted by molar-refractivity contribution is 7.77. The lowest BCUT2D eigenvalue weighted by molar-refractivity contribution is -0.170. The van der Waals surface area contributed by atoms with Crippen molar-refractivity contribution in [3.05, 3.63) is 71.8 Å². The van der Waals surface area contributed by atoms with E-state index in [1.165, 1.54) is 0 Å². The van der Waals surface area contributed by atoms with E-state index in [0.717, 1.165) is 25.7 Å². The maximum Gasteiger partial charge on any atom is 0.347 e. The molecule has 0 spiro atoms. The number of carbonyl (C=O) groups is 1. The Balaban J connectivity index is 1.61. The van der Waals surface area contributed by atoms with Gasteiger partial charge in [-0.05, 0) is 24.0 Å². The van der Waals surface area contributed by atoms with Crippen molar-refractivity contribution in [2.45, 2.75) is 49.5 Å². The number of carbonyl (C=O) groups excluding carboxylic acids is 1. The van der Waals surface area contributed by atoms with Gasteiger partial charge in [0, 0.05) is 24.9 Å². The van der Waals surface area contributed by atoms with Gasteiger partial charge in [-0.3, -0.25) is 0 Å². The van der Waals surface area contributed by atoms with Gasteiger partial charge in [-0.2, -0.15) is 0 Å². The van der Waals surface area contributed by atoms with Gasteiger partial charge >= 0.3 is 5.97 Å². The highest BCUT2D eigenvalue weighted by atomic mass is 32.1. The van der Waals surface area contributed by atoms with E-state index in [1.54, 1.807) is 24.3 Å². The lowest BCUT2D eigenvalue weighted by atomic mass is 9.86. The molecule has 1 N–H and O–H groups in total. The quantitative estimate of drug-likeness (QED) is 0.641. The molecule has 0 radical (unpaired) electrons. The first kappa shape index (κ1) is 17.6. The first-order valence-electron chi connectivity index (χ1n) is 9.10. The summed E-state index contributed by atoms with van der Waals surface area (Å²) in [4.78, 5) is 13.1. The molecule has 4 nitrogen and oxygen atoms in total.